The van der Waals surface area contributed by atoms with Crippen molar-refractivity contribution in [3.05, 3.63) is 34.3 Å². The van der Waals surface area contributed by atoms with Gasteiger partial charge in [-0.15, -0.1) is 0 Å². The van der Waals surface area contributed by atoms with Crippen molar-refractivity contribution in [3.63, 3.8) is 0 Å². The molecule has 0 aliphatic carbocycles. The molecule has 2 N–H and O–H groups in total. The molecular weight excluding hydrogens is 204 g/mol. The third-order valence-electron chi connectivity index (χ3n) is 3.48. The fraction of sp³-hybridized carbons (Fsp3) is 0.417. The molecule has 1 aromatic carbocycles. The molecule has 1 atom stereocenters. The molecule has 16 heavy (non-hydrogen) atoms. The van der Waals surface area contributed by atoms with Gasteiger partial charge in [-0.3, -0.25) is 4.98 Å². The van der Waals surface area contributed by atoms with Gasteiger partial charge >= 0.3 is 5.76 Å². The Hall–Kier alpha value is -1.55. The molecule has 0 spiro atoms. The molecule has 84 valence electrons. The predicted molar refractivity (Wildman–Crippen MR) is 61.7 cm³/mol. The van der Waals surface area contributed by atoms with E-state index in [0.29, 0.717) is 11.5 Å². The molecule has 1 saturated heterocycles. The van der Waals surface area contributed by atoms with Crippen LogP contribution in [0.4, 0.5) is 0 Å². The highest BCUT2D eigenvalue weighted by Crippen LogP contribution is 2.35. The van der Waals surface area contributed by atoms with E-state index >= 15 is 0 Å². The highest BCUT2D eigenvalue weighted by molar-refractivity contribution is 5.73. The Morgan fingerprint density at radius 1 is 1.44 bits per heavy atom. The van der Waals surface area contributed by atoms with Crippen LogP contribution >= 0.6 is 0 Å². The number of H-pyrrole nitrogens is 1. The monoisotopic (exact) mass is 218 g/mol. The van der Waals surface area contributed by atoms with Gasteiger partial charge in [-0.05, 0) is 31.5 Å². The summed E-state index contributed by atoms with van der Waals surface area (Å²) in [7, 11) is 0. The van der Waals surface area contributed by atoms with Gasteiger partial charge in [0.15, 0.2) is 5.58 Å². The number of oxazole rings is 1. The van der Waals surface area contributed by atoms with E-state index < -0.39 is 5.76 Å². The Kier molecular flexibility index (Phi) is 1.80. The molecule has 0 radical (unpaired) electrons. The van der Waals surface area contributed by atoms with Gasteiger partial charge in [-0.1, -0.05) is 6.07 Å². The minimum absolute atomic E-state index is 0.129. The summed E-state index contributed by atoms with van der Waals surface area (Å²) in [6.07, 6.45) is 0. The lowest BCUT2D eigenvalue weighted by Crippen LogP contribution is -2.59. The highest BCUT2D eigenvalue weighted by atomic mass is 16.4. The van der Waals surface area contributed by atoms with Gasteiger partial charge in [0.25, 0.3) is 0 Å². The maximum absolute atomic E-state index is 11.0. The van der Waals surface area contributed by atoms with Crippen molar-refractivity contribution in [2.75, 3.05) is 6.54 Å². The van der Waals surface area contributed by atoms with Crippen LogP contribution in [0, 0.1) is 0 Å². The fourth-order valence-corrected chi connectivity index (χ4v) is 2.33. The molecule has 0 saturated carbocycles. The zero-order valence-electron chi connectivity index (χ0n) is 9.33. The molecule has 1 aromatic heterocycles. The number of aromatic amines is 1. The summed E-state index contributed by atoms with van der Waals surface area (Å²) >= 11 is 0. The van der Waals surface area contributed by atoms with Gasteiger partial charge in [-0.25, -0.2) is 4.79 Å². The van der Waals surface area contributed by atoms with Crippen LogP contribution in [0.2, 0.25) is 0 Å². The average molecular weight is 218 g/mol. The van der Waals surface area contributed by atoms with E-state index in [1.54, 1.807) is 0 Å². The molecule has 1 fully saturated rings. The van der Waals surface area contributed by atoms with E-state index in [2.05, 4.69) is 30.2 Å². The first kappa shape index (κ1) is 9.66. The zero-order chi connectivity index (χ0) is 11.3. The van der Waals surface area contributed by atoms with E-state index in [4.69, 9.17) is 4.42 Å². The number of hydrogen-bond donors (Lipinski definition) is 2. The van der Waals surface area contributed by atoms with Gasteiger partial charge in [0.1, 0.15) is 0 Å². The van der Waals surface area contributed by atoms with Crippen molar-refractivity contribution in [2.45, 2.75) is 25.3 Å². The number of fused-ring (bicyclic) bond motifs is 1. The van der Waals surface area contributed by atoms with Crippen LogP contribution in [-0.4, -0.2) is 17.1 Å². The summed E-state index contributed by atoms with van der Waals surface area (Å²) < 4.78 is 5.06. The van der Waals surface area contributed by atoms with Gasteiger partial charge in [0.2, 0.25) is 0 Å². The third kappa shape index (κ3) is 1.30. The molecule has 0 amide bonds. The maximum atomic E-state index is 11.0. The quantitative estimate of drug-likeness (QED) is 0.764. The first-order valence-corrected chi connectivity index (χ1v) is 5.44. The van der Waals surface area contributed by atoms with Crippen LogP contribution in [0.5, 0.6) is 0 Å². The maximum Gasteiger partial charge on any atom is 0.417 e. The largest absolute Gasteiger partial charge is 0.417 e. The first-order valence-electron chi connectivity index (χ1n) is 5.44. The Balaban J connectivity index is 2.08. The van der Waals surface area contributed by atoms with E-state index in [9.17, 15) is 4.79 Å². The third-order valence-corrected chi connectivity index (χ3v) is 3.48. The Morgan fingerprint density at radius 3 is 2.88 bits per heavy atom. The minimum Gasteiger partial charge on any atom is -0.408 e. The lowest BCUT2D eigenvalue weighted by Gasteiger charge is -2.46. The molecule has 4 heteroatoms. The van der Waals surface area contributed by atoms with E-state index in [1.165, 1.54) is 5.56 Å². The number of hydrogen-bond acceptors (Lipinski definition) is 3. The van der Waals surface area contributed by atoms with Crippen molar-refractivity contribution in [2.24, 2.45) is 0 Å². The predicted octanol–water partition coefficient (Wildman–Crippen LogP) is 1.59. The molecule has 2 heterocycles. The topological polar surface area (TPSA) is 58.0 Å². The van der Waals surface area contributed by atoms with Crippen molar-refractivity contribution in [1.29, 1.82) is 0 Å². The Bertz CT molecular complexity index is 594. The summed E-state index contributed by atoms with van der Waals surface area (Å²) in [6.45, 7) is 5.34. The standard InChI is InChI=1S/C12H14N2O2/c1-12(2)8(6-13-12)7-3-4-9-10(5-7)16-11(15)14-9/h3-5,8,13H,6H2,1-2H3,(H,14,15). The molecule has 1 aliphatic rings. The van der Waals surface area contributed by atoms with Crippen LogP contribution in [0.3, 0.4) is 0 Å². The van der Waals surface area contributed by atoms with Crippen molar-refractivity contribution in [1.82, 2.24) is 10.3 Å². The molecule has 1 unspecified atom stereocenters. The lowest BCUT2D eigenvalue weighted by atomic mass is 9.75. The van der Waals surface area contributed by atoms with Crippen LogP contribution in [0.15, 0.2) is 27.4 Å². The van der Waals surface area contributed by atoms with Crippen molar-refractivity contribution < 1.29 is 4.42 Å². The summed E-state index contributed by atoms with van der Waals surface area (Å²) in [5.41, 5.74) is 2.76. The first-order chi connectivity index (χ1) is 7.56. The fourth-order valence-electron chi connectivity index (χ4n) is 2.33. The highest BCUT2D eigenvalue weighted by Gasteiger charge is 2.38. The minimum atomic E-state index is -0.391. The van der Waals surface area contributed by atoms with Crippen LogP contribution < -0.4 is 11.1 Å². The van der Waals surface area contributed by atoms with Crippen LogP contribution in [0.1, 0.15) is 25.3 Å². The van der Waals surface area contributed by atoms with Crippen LogP contribution in [0.25, 0.3) is 11.1 Å². The number of benzene rings is 1. The number of aromatic nitrogens is 1. The van der Waals surface area contributed by atoms with Crippen LogP contribution in [-0.2, 0) is 0 Å². The second kappa shape index (κ2) is 2.98. The average Bonchev–Trinajstić information content (AvgIpc) is 2.56. The molecule has 0 bridgehead atoms. The van der Waals surface area contributed by atoms with Crippen molar-refractivity contribution >= 4 is 11.1 Å². The summed E-state index contributed by atoms with van der Waals surface area (Å²) in [5.74, 6) is 0.0928. The normalized spacial score (nSPS) is 23.2. The Morgan fingerprint density at radius 2 is 2.25 bits per heavy atom. The molecule has 2 aromatic rings. The summed E-state index contributed by atoms with van der Waals surface area (Å²) in [5, 5.41) is 3.39. The molecule has 1 aliphatic heterocycles. The van der Waals surface area contributed by atoms with Gasteiger partial charge in [0.05, 0.1) is 5.52 Å². The van der Waals surface area contributed by atoms with E-state index in [0.717, 1.165) is 12.1 Å². The Labute approximate surface area is 92.7 Å². The molecule has 3 rings (SSSR count). The second-order valence-corrected chi connectivity index (χ2v) is 4.93. The van der Waals surface area contributed by atoms with Gasteiger partial charge in [0, 0.05) is 18.0 Å². The van der Waals surface area contributed by atoms with Gasteiger partial charge < -0.3 is 9.73 Å². The van der Waals surface area contributed by atoms with E-state index in [-0.39, 0.29) is 5.54 Å². The SMILES string of the molecule is CC1(C)NCC1c1ccc2[nH]c(=O)oc2c1. The van der Waals surface area contributed by atoms with Crippen molar-refractivity contribution in [3.8, 4) is 0 Å². The summed E-state index contributed by atoms with van der Waals surface area (Å²) in [4.78, 5) is 13.7. The number of rotatable bonds is 1. The van der Waals surface area contributed by atoms with E-state index in [1.807, 2.05) is 12.1 Å². The number of nitrogens with one attached hydrogen (secondary N) is 2. The smallest absolute Gasteiger partial charge is 0.408 e. The second-order valence-electron chi connectivity index (χ2n) is 4.93. The zero-order valence-corrected chi connectivity index (χ0v) is 9.33. The molecular formula is C12H14N2O2. The van der Waals surface area contributed by atoms with Gasteiger partial charge in [-0.2, -0.15) is 0 Å². The lowest BCUT2D eigenvalue weighted by molar-refractivity contribution is 0.208. The summed E-state index contributed by atoms with van der Waals surface area (Å²) in [6, 6.07) is 5.92. The molecule has 4 nitrogen and oxygen atoms in total.